The van der Waals surface area contributed by atoms with Gasteiger partial charge in [-0.1, -0.05) is 18.2 Å². The molecule has 3 rings (SSSR count). The molecule has 11 heteroatoms. The van der Waals surface area contributed by atoms with Gasteiger partial charge >= 0.3 is 6.18 Å². The molecule has 0 saturated heterocycles. The minimum absolute atomic E-state index is 0. The van der Waals surface area contributed by atoms with Gasteiger partial charge in [0.2, 0.25) is 11.8 Å². The molecule has 0 bridgehead atoms. The van der Waals surface area contributed by atoms with Gasteiger partial charge in [-0.15, -0.1) is 24.0 Å². The van der Waals surface area contributed by atoms with Crippen LogP contribution in [0.3, 0.4) is 0 Å². The number of aromatic nitrogens is 2. The van der Waals surface area contributed by atoms with E-state index < -0.39 is 11.7 Å². The minimum Gasteiger partial charge on any atom is -0.476 e. The number of rotatable bonds is 7. The Morgan fingerprint density at radius 3 is 2.55 bits per heavy atom. The van der Waals surface area contributed by atoms with Gasteiger partial charge in [-0.05, 0) is 18.2 Å². The van der Waals surface area contributed by atoms with E-state index in [2.05, 4.69) is 25.6 Å². The lowest BCUT2D eigenvalue weighted by Crippen LogP contribution is -2.39. The number of alkyl halides is 3. The molecule has 0 spiro atoms. The van der Waals surface area contributed by atoms with E-state index in [1.165, 1.54) is 6.07 Å². The minimum atomic E-state index is -4.42. The lowest BCUT2D eigenvalue weighted by molar-refractivity contribution is -0.137. The van der Waals surface area contributed by atoms with Crippen LogP contribution >= 0.6 is 24.0 Å². The van der Waals surface area contributed by atoms with Crippen LogP contribution in [0.15, 0.2) is 64.3 Å². The van der Waals surface area contributed by atoms with Gasteiger partial charge in [0.05, 0.1) is 24.3 Å². The monoisotopic (exact) mass is 547 g/mol. The average Bonchev–Trinajstić information content (AvgIpc) is 3.23. The van der Waals surface area contributed by atoms with Gasteiger partial charge in [0.25, 0.3) is 0 Å². The highest BCUT2D eigenvalue weighted by Gasteiger charge is 2.30. The van der Waals surface area contributed by atoms with Crippen LogP contribution < -0.4 is 15.4 Å². The number of oxazole rings is 1. The van der Waals surface area contributed by atoms with Gasteiger partial charge in [0.1, 0.15) is 12.9 Å². The first kappa shape index (κ1) is 24.4. The van der Waals surface area contributed by atoms with Crippen LogP contribution in [0, 0.1) is 0 Å². The van der Waals surface area contributed by atoms with E-state index in [-0.39, 0.29) is 36.5 Å². The van der Waals surface area contributed by atoms with E-state index in [1.54, 1.807) is 13.3 Å². The maximum Gasteiger partial charge on any atom is 0.417 e. The molecular formula is C20H21F3IN5O2. The van der Waals surface area contributed by atoms with Crippen molar-refractivity contribution in [2.45, 2.75) is 12.7 Å². The SMILES string of the molecule is CN=C(NCCOc1ccc(C(F)(F)F)cn1)NCc1coc(-c2ccccc2)n1.I. The molecule has 7 nitrogen and oxygen atoms in total. The van der Waals surface area contributed by atoms with E-state index in [9.17, 15) is 13.2 Å². The number of aliphatic imine (C=N–C) groups is 1. The first-order valence-electron chi connectivity index (χ1n) is 9.06. The summed E-state index contributed by atoms with van der Waals surface area (Å²) < 4.78 is 48.4. The summed E-state index contributed by atoms with van der Waals surface area (Å²) in [5.41, 5.74) is 0.781. The second-order valence-electron chi connectivity index (χ2n) is 6.09. The molecule has 0 aliphatic heterocycles. The van der Waals surface area contributed by atoms with Crippen molar-refractivity contribution in [3.63, 3.8) is 0 Å². The van der Waals surface area contributed by atoms with Crippen LogP contribution in [-0.4, -0.2) is 36.1 Å². The summed E-state index contributed by atoms with van der Waals surface area (Å²) in [5, 5.41) is 6.13. The Balaban J connectivity index is 0.00000341. The molecule has 0 atom stereocenters. The normalized spacial score (nSPS) is 11.5. The van der Waals surface area contributed by atoms with E-state index in [4.69, 9.17) is 9.15 Å². The van der Waals surface area contributed by atoms with Gasteiger partial charge < -0.3 is 19.8 Å². The summed E-state index contributed by atoms with van der Waals surface area (Å²) in [6, 6.07) is 11.7. The third-order valence-electron chi connectivity index (χ3n) is 3.94. The van der Waals surface area contributed by atoms with Crippen LogP contribution in [0.1, 0.15) is 11.3 Å². The maximum absolute atomic E-state index is 12.5. The van der Waals surface area contributed by atoms with Crippen LogP contribution in [0.5, 0.6) is 5.88 Å². The van der Waals surface area contributed by atoms with E-state index in [0.717, 1.165) is 17.8 Å². The highest BCUT2D eigenvalue weighted by atomic mass is 127. The standard InChI is InChI=1S/C20H20F3N5O2.HI/c1-24-19(25-9-10-29-17-8-7-15(11-26-17)20(21,22)23)27-12-16-13-30-18(28-16)14-5-3-2-4-6-14;/h2-8,11,13H,9-10,12H2,1H3,(H2,24,25,27);1H. The third kappa shape index (κ3) is 7.42. The first-order chi connectivity index (χ1) is 14.5. The molecule has 0 aliphatic carbocycles. The maximum atomic E-state index is 12.5. The van der Waals surface area contributed by atoms with Crippen LogP contribution in [0.4, 0.5) is 13.2 Å². The number of pyridine rings is 1. The lowest BCUT2D eigenvalue weighted by Gasteiger charge is -2.11. The van der Waals surface area contributed by atoms with Crippen LogP contribution in [0.25, 0.3) is 11.5 Å². The highest BCUT2D eigenvalue weighted by molar-refractivity contribution is 14.0. The molecular weight excluding hydrogens is 526 g/mol. The van der Waals surface area contributed by atoms with Gasteiger partial charge in [-0.3, -0.25) is 4.99 Å². The molecule has 2 N–H and O–H groups in total. The topological polar surface area (TPSA) is 84.6 Å². The number of guanidine groups is 1. The molecule has 0 radical (unpaired) electrons. The van der Waals surface area contributed by atoms with E-state index >= 15 is 0 Å². The quantitative estimate of drug-likeness (QED) is 0.201. The van der Waals surface area contributed by atoms with Crippen molar-refractivity contribution in [3.8, 4) is 17.3 Å². The molecule has 1 aromatic carbocycles. The fraction of sp³-hybridized carbons (Fsp3) is 0.250. The van der Waals surface area contributed by atoms with Crippen molar-refractivity contribution >= 4 is 29.9 Å². The van der Waals surface area contributed by atoms with Crippen molar-refractivity contribution in [1.29, 1.82) is 0 Å². The molecule has 3 aromatic rings. The second kappa shape index (κ2) is 11.5. The molecule has 31 heavy (non-hydrogen) atoms. The van der Waals surface area contributed by atoms with Crippen LogP contribution in [0.2, 0.25) is 0 Å². The van der Waals surface area contributed by atoms with Crippen LogP contribution in [-0.2, 0) is 12.7 Å². The largest absolute Gasteiger partial charge is 0.476 e. The van der Waals surface area contributed by atoms with Crippen molar-refractivity contribution < 1.29 is 22.3 Å². The number of nitrogens with one attached hydrogen (secondary N) is 2. The number of halogens is 4. The van der Waals surface area contributed by atoms with Crippen molar-refractivity contribution in [2.24, 2.45) is 4.99 Å². The van der Waals surface area contributed by atoms with Gasteiger partial charge in [-0.25, -0.2) is 9.97 Å². The Morgan fingerprint density at radius 1 is 1.13 bits per heavy atom. The molecule has 0 aliphatic rings. The summed E-state index contributed by atoms with van der Waals surface area (Å²) in [7, 11) is 1.62. The summed E-state index contributed by atoms with van der Waals surface area (Å²) in [4.78, 5) is 12.2. The third-order valence-corrected chi connectivity index (χ3v) is 3.94. The summed E-state index contributed by atoms with van der Waals surface area (Å²) in [6.07, 6.45) is -2.11. The predicted molar refractivity (Wildman–Crippen MR) is 120 cm³/mol. The number of hydrogen-bond donors (Lipinski definition) is 2. The fourth-order valence-electron chi connectivity index (χ4n) is 2.45. The number of hydrogen-bond acceptors (Lipinski definition) is 5. The number of benzene rings is 1. The Labute approximate surface area is 194 Å². The summed E-state index contributed by atoms with van der Waals surface area (Å²) in [5.74, 6) is 1.17. The molecule has 0 saturated carbocycles. The molecule has 166 valence electrons. The van der Waals surface area contributed by atoms with Gasteiger partial charge in [-0.2, -0.15) is 13.2 Å². The van der Waals surface area contributed by atoms with Gasteiger partial charge in [0, 0.05) is 24.9 Å². The Kier molecular flexibility index (Phi) is 9.09. The van der Waals surface area contributed by atoms with Crippen molar-refractivity contribution in [2.75, 3.05) is 20.2 Å². The lowest BCUT2D eigenvalue weighted by atomic mass is 10.2. The molecule has 0 fully saturated rings. The predicted octanol–water partition coefficient (Wildman–Crippen LogP) is 4.12. The molecule has 0 amide bonds. The number of nitrogens with zero attached hydrogens (tertiary/aromatic N) is 3. The fourth-order valence-corrected chi connectivity index (χ4v) is 2.45. The molecule has 0 unspecified atom stereocenters. The Bertz CT molecular complexity index is 963. The highest BCUT2D eigenvalue weighted by Crippen LogP contribution is 2.29. The molecule has 2 aromatic heterocycles. The average molecular weight is 547 g/mol. The second-order valence-corrected chi connectivity index (χ2v) is 6.09. The first-order valence-corrected chi connectivity index (χ1v) is 9.06. The van der Waals surface area contributed by atoms with Crippen molar-refractivity contribution in [1.82, 2.24) is 20.6 Å². The number of ether oxygens (including phenoxy) is 1. The Hall–Kier alpha value is -2.83. The van der Waals surface area contributed by atoms with E-state index in [0.29, 0.717) is 30.6 Å². The Morgan fingerprint density at radius 2 is 1.90 bits per heavy atom. The summed E-state index contributed by atoms with van der Waals surface area (Å²) >= 11 is 0. The van der Waals surface area contributed by atoms with E-state index in [1.807, 2.05) is 30.3 Å². The summed E-state index contributed by atoms with van der Waals surface area (Å²) in [6.45, 7) is 0.967. The molecule has 2 heterocycles. The zero-order chi connectivity index (χ0) is 21.4. The zero-order valence-electron chi connectivity index (χ0n) is 16.5. The smallest absolute Gasteiger partial charge is 0.417 e. The van der Waals surface area contributed by atoms with Crippen molar-refractivity contribution in [3.05, 3.63) is 66.2 Å². The zero-order valence-corrected chi connectivity index (χ0v) is 18.8. The van der Waals surface area contributed by atoms with Gasteiger partial charge in [0.15, 0.2) is 5.96 Å².